The molecule has 1 aliphatic heterocycles. The van der Waals surface area contributed by atoms with Crippen molar-refractivity contribution in [2.24, 2.45) is 10.5 Å². The molecule has 32 heavy (non-hydrogen) atoms. The van der Waals surface area contributed by atoms with Crippen LogP contribution >= 0.6 is 0 Å². The predicted molar refractivity (Wildman–Crippen MR) is 112 cm³/mol. The Labute approximate surface area is 182 Å². The molecule has 0 aliphatic carbocycles. The average Bonchev–Trinajstić information content (AvgIpc) is 2.98. The van der Waals surface area contributed by atoms with Gasteiger partial charge in [-0.05, 0) is 49.7 Å². The number of alkyl halides is 4. The predicted octanol–water partition coefficient (Wildman–Crippen LogP) is 4.95. The van der Waals surface area contributed by atoms with Crippen LogP contribution in [0.15, 0.2) is 53.6 Å². The number of carbonyl (C=O) groups is 1. The third-order valence-corrected chi connectivity index (χ3v) is 5.49. The lowest BCUT2D eigenvalue weighted by atomic mass is 9.78. The molecular weight excluding hydrogens is 430 g/mol. The second-order valence-corrected chi connectivity index (χ2v) is 7.52. The number of aliphatic hydroxyl groups excluding tert-OH is 1. The van der Waals surface area contributed by atoms with E-state index in [1.165, 1.54) is 53.5 Å². The maximum absolute atomic E-state index is 13.6. The molecular formula is C22H23F4N3O3. The van der Waals surface area contributed by atoms with Gasteiger partial charge in [-0.3, -0.25) is 4.79 Å². The Morgan fingerprint density at radius 2 is 1.94 bits per heavy atom. The molecule has 1 amide bonds. The van der Waals surface area contributed by atoms with Crippen LogP contribution in [0.3, 0.4) is 0 Å². The van der Waals surface area contributed by atoms with Crippen molar-refractivity contribution in [3.8, 4) is 5.75 Å². The van der Waals surface area contributed by atoms with Crippen molar-refractivity contribution in [3.63, 3.8) is 0 Å². The number of rotatable bonds is 7. The molecule has 1 aliphatic rings. The number of amides is 1. The minimum absolute atomic E-state index is 0.0646. The van der Waals surface area contributed by atoms with Crippen molar-refractivity contribution in [1.82, 2.24) is 0 Å². The third-order valence-electron chi connectivity index (χ3n) is 5.49. The number of hydrogen-bond acceptors (Lipinski definition) is 5. The highest BCUT2D eigenvalue weighted by atomic mass is 19.3. The van der Waals surface area contributed by atoms with E-state index >= 15 is 0 Å². The molecule has 0 saturated carbocycles. The number of ether oxygens (including phenoxy) is 1. The average molecular weight is 453 g/mol. The van der Waals surface area contributed by atoms with E-state index in [-0.39, 0.29) is 23.4 Å². The zero-order valence-corrected chi connectivity index (χ0v) is 17.7. The van der Waals surface area contributed by atoms with Crippen molar-refractivity contribution in [2.75, 3.05) is 10.3 Å². The number of anilines is 2. The van der Waals surface area contributed by atoms with E-state index in [2.05, 4.69) is 15.2 Å². The molecule has 3 rings (SSSR count). The number of hydrazone groups is 1. The van der Waals surface area contributed by atoms with E-state index in [1.807, 2.05) is 0 Å². The summed E-state index contributed by atoms with van der Waals surface area (Å²) in [6.07, 6.45) is -1.24. The zero-order chi connectivity index (χ0) is 23.7. The van der Waals surface area contributed by atoms with Crippen molar-refractivity contribution in [2.45, 2.75) is 46.0 Å². The fourth-order valence-electron chi connectivity index (χ4n) is 3.67. The number of benzene rings is 2. The smallest absolute Gasteiger partial charge is 0.387 e. The summed E-state index contributed by atoms with van der Waals surface area (Å²) in [5.41, 5.74) is -0.882. The molecule has 172 valence electrons. The van der Waals surface area contributed by atoms with Crippen molar-refractivity contribution in [3.05, 3.63) is 54.1 Å². The molecule has 0 aromatic heterocycles. The van der Waals surface area contributed by atoms with Crippen LogP contribution in [0.25, 0.3) is 0 Å². The minimum Gasteiger partial charge on any atom is -0.435 e. The molecule has 2 aromatic rings. The number of nitrogens with one attached hydrogen (secondary N) is 1. The lowest BCUT2D eigenvalue weighted by Crippen LogP contribution is -2.51. The number of hydrogen-bond donors (Lipinski definition) is 2. The second kappa shape index (κ2) is 8.78. The summed E-state index contributed by atoms with van der Waals surface area (Å²) in [6.45, 7) is 1.06. The van der Waals surface area contributed by atoms with E-state index in [0.29, 0.717) is 11.4 Å². The number of aliphatic hydroxyl groups is 1. The molecule has 0 fully saturated rings. The number of halogens is 4. The SMILES string of the molecule is CCC1(C(=O)Nc2cccc(C(C)(F)F)c2)C(C)=NN(c2ccc(OC(F)F)cc2)C1O. The van der Waals surface area contributed by atoms with Crippen LogP contribution in [0.5, 0.6) is 5.75 Å². The summed E-state index contributed by atoms with van der Waals surface area (Å²) in [7, 11) is 0. The highest BCUT2D eigenvalue weighted by molar-refractivity contribution is 6.14. The Kier molecular flexibility index (Phi) is 6.45. The van der Waals surface area contributed by atoms with Crippen LogP contribution in [0.4, 0.5) is 28.9 Å². The van der Waals surface area contributed by atoms with Crippen LogP contribution in [0, 0.1) is 5.41 Å². The van der Waals surface area contributed by atoms with Gasteiger partial charge in [0.2, 0.25) is 5.91 Å². The van der Waals surface area contributed by atoms with Gasteiger partial charge < -0.3 is 15.2 Å². The molecule has 0 radical (unpaired) electrons. The third kappa shape index (κ3) is 4.40. The molecule has 6 nitrogen and oxygen atoms in total. The van der Waals surface area contributed by atoms with Crippen LogP contribution in [-0.4, -0.2) is 29.6 Å². The van der Waals surface area contributed by atoms with Gasteiger partial charge in [-0.2, -0.15) is 13.9 Å². The largest absolute Gasteiger partial charge is 0.435 e. The highest BCUT2D eigenvalue weighted by Gasteiger charge is 2.53. The molecule has 10 heteroatoms. The van der Waals surface area contributed by atoms with Crippen LogP contribution in [-0.2, 0) is 10.7 Å². The quantitative estimate of drug-likeness (QED) is 0.582. The van der Waals surface area contributed by atoms with Crippen LogP contribution in [0.2, 0.25) is 0 Å². The van der Waals surface area contributed by atoms with Gasteiger partial charge in [0, 0.05) is 18.2 Å². The van der Waals surface area contributed by atoms with Crippen molar-refractivity contribution < 1.29 is 32.2 Å². The Balaban J connectivity index is 1.85. The number of nitrogens with zero attached hydrogens (tertiary/aromatic N) is 2. The van der Waals surface area contributed by atoms with Gasteiger partial charge in [0.25, 0.3) is 5.92 Å². The highest BCUT2D eigenvalue weighted by Crippen LogP contribution is 2.40. The van der Waals surface area contributed by atoms with Gasteiger partial charge in [0.1, 0.15) is 11.2 Å². The van der Waals surface area contributed by atoms with Gasteiger partial charge in [-0.25, -0.2) is 13.8 Å². The summed E-state index contributed by atoms with van der Waals surface area (Å²) in [5, 5.41) is 19.2. The summed E-state index contributed by atoms with van der Waals surface area (Å²) in [6, 6.07) is 10.7. The first-order chi connectivity index (χ1) is 15.0. The van der Waals surface area contributed by atoms with E-state index in [0.717, 1.165) is 6.92 Å². The normalized spacial score (nSPS) is 21.0. The van der Waals surface area contributed by atoms with Gasteiger partial charge in [0.05, 0.1) is 11.4 Å². The Morgan fingerprint density at radius 1 is 1.28 bits per heavy atom. The maximum Gasteiger partial charge on any atom is 0.387 e. The molecule has 2 aromatic carbocycles. The topological polar surface area (TPSA) is 74.2 Å². The number of carbonyl (C=O) groups excluding carboxylic acids is 1. The lowest BCUT2D eigenvalue weighted by Gasteiger charge is -2.33. The Hall–Kier alpha value is -3.14. The fourth-order valence-corrected chi connectivity index (χ4v) is 3.67. The van der Waals surface area contributed by atoms with Crippen LogP contribution < -0.4 is 15.1 Å². The zero-order valence-electron chi connectivity index (χ0n) is 17.7. The molecule has 2 unspecified atom stereocenters. The first-order valence-corrected chi connectivity index (χ1v) is 9.86. The van der Waals surface area contributed by atoms with E-state index in [4.69, 9.17) is 0 Å². The first kappa shape index (κ1) is 23.5. The van der Waals surface area contributed by atoms with E-state index in [9.17, 15) is 27.5 Å². The molecule has 0 saturated heterocycles. The Morgan fingerprint density at radius 3 is 2.50 bits per heavy atom. The summed E-state index contributed by atoms with van der Waals surface area (Å²) >= 11 is 0. The lowest BCUT2D eigenvalue weighted by molar-refractivity contribution is -0.126. The molecule has 1 heterocycles. The summed E-state index contributed by atoms with van der Waals surface area (Å²) in [5.74, 6) is -3.75. The van der Waals surface area contributed by atoms with Gasteiger partial charge >= 0.3 is 6.61 Å². The maximum atomic E-state index is 13.6. The van der Waals surface area contributed by atoms with Gasteiger partial charge in [-0.1, -0.05) is 19.1 Å². The second-order valence-electron chi connectivity index (χ2n) is 7.52. The molecule has 0 bridgehead atoms. The van der Waals surface area contributed by atoms with Crippen LogP contribution in [0.1, 0.15) is 32.8 Å². The standard InChI is InChI=1S/C22H23F4N3O3/c1-4-22(18(30)27-15-7-5-6-14(12-15)21(3,25)26)13(2)28-29(19(22)31)16-8-10-17(11-9-16)32-20(23)24/h5-12,19-20,31H,4H2,1-3H3,(H,27,30). The van der Waals surface area contributed by atoms with Gasteiger partial charge in [0.15, 0.2) is 6.23 Å². The summed E-state index contributed by atoms with van der Waals surface area (Å²) < 4.78 is 56.3. The van der Waals surface area contributed by atoms with E-state index in [1.54, 1.807) is 13.8 Å². The van der Waals surface area contributed by atoms with Crippen molar-refractivity contribution in [1.29, 1.82) is 0 Å². The molecule has 2 atom stereocenters. The first-order valence-electron chi connectivity index (χ1n) is 9.86. The van der Waals surface area contributed by atoms with E-state index < -0.39 is 30.1 Å². The fraction of sp³-hybridized carbons (Fsp3) is 0.364. The van der Waals surface area contributed by atoms with Crippen molar-refractivity contribution >= 4 is 23.0 Å². The minimum atomic E-state index is -3.08. The Bertz CT molecular complexity index is 1010. The summed E-state index contributed by atoms with van der Waals surface area (Å²) in [4.78, 5) is 13.2. The molecule has 0 spiro atoms. The molecule has 2 N–H and O–H groups in total. The van der Waals surface area contributed by atoms with Gasteiger partial charge in [-0.15, -0.1) is 0 Å². The monoisotopic (exact) mass is 453 g/mol.